The minimum Gasteiger partial charge on any atom is -0.343 e. The number of benzene rings is 1. The molecule has 0 spiro atoms. The fourth-order valence-electron chi connectivity index (χ4n) is 1.46. The van der Waals surface area contributed by atoms with Crippen molar-refractivity contribution in [3.8, 4) is 0 Å². The fourth-order valence-corrected chi connectivity index (χ4v) is 1.64. The highest BCUT2D eigenvalue weighted by molar-refractivity contribution is 6.33. The van der Waals surface area contributed by atoms with Crippen LogP contribution in [0.4, 0.5) is 5.69 Å². The average Bonchev–Trinajstić information content (AvgIpc) is 2.91. The Balaban J connectivity index is 1.69. The lowest BCUT2D eigenvalue weighted by Crippen LogP contribution is -2.29. The van der Waals surface area contributed by atoms with Crippen molar-refractivity contribution < 1.29 is 9.32 Å². The van der Waals surface area contributed by atoms with Crippen LogP contribution in [0.2, 0.25) is 5.02 Å². The Hall–Kier alpha value is -1.92. The number of aromatic nitrogens is 2. The van der Waals surface area contributed by atoms with Crippen LogP contribution in [-0.2, 0) is 11.2 Å². The maximum Gasteiger partial charge on any atom is 0.238 e. The van der Waals surface area contributed by atoms with E-state index in [1.807, 2.05) is 6.07 Å². The normalized spacial score (nSPS) is 10.4. The summed E-state index contributed by atoms with van der Waals surface area (Å²) in [6.07, 6.45) is 1.88. The molecule has 1 heterocycles. The van der Waals surface area contributed by atoms with E-state index in [0.29, 0.717) is 29.5 Å². The predicted octanol–water partition coefficient (Wildman–Crippen LogP) is 1.49. The first kappa shape index (κ1) is 13.5. The van der Waals surface area contributed by atoms with Gasteiger partial charge in [0.15, 0.2) is 5.82 Å². The number of hydrogen-bond acceptors (Lipinski definition) is 5. The lowest BCUT2D eigenvalue weighted by Gasteiger charge is -2.07. The van der Waals surface area contributed by atoms with Gasteiger partial charge in [-0.05, 0) is 12.1 Å². The summed E-state index contributed by atoms with van der Waals surface area (Å²) in [6, 6.07) is 7.09. The number of hydrogen-bond donors (Lipinski definition) is 2. The van der Waals surface area contributed by atoms with E-state index in [2.05, 4.69) is 25.3 Å². The molecular formula is C12H13ClN4O2. The van der Waals surface area contributed by atoms with Crippen LogP contribution >= 0.6 is 11.6 Å². The van der Waals surface area contributed by atoms with Crippen LogP contribution in [0.3, 0.4) is 0 Å². The molecule has 2 rings (SSSR count). The quantitative estimate of drug-likeness (QED) is 0.784. The van der Waals surface area contributed by atoms with E-state index >= 15 is 0 Å². The summed E-state index contributed by atoms with van der Waals surface area (Å²) in [5.41, 5.74) is 0.606. The van der Waals surface area contributed by atoms with Gasteiger partial charge < -0.3 is 15.2 Å². The molecule has 0 aliphatic rings. The number of amides is 1. The fraction of sp³-hybridized carbons (Fsp3) is 0.250. The Morgan fingerprint density at radius 3 is 2.95 bits per heavy atom. The first-order valence-corrected chi connectivity index (χ1v) is 6.14. The summed E-state index contributed by atoms with van der Waals surface area (Å²) in [4.78, 5) is 15.5. The molecule has 0 bridgehead atoms. The standard InChI is InChI=1S/C12H13ClN4O2/c13-9-3-1-2-4-10(9)16-12(18)7-14-6-5-11-15-8-19-17-11/h1-4,8,14H,5-7H2,(H,16,18). The summed E-state index contributed by atoms with van der Waals surface area (Å²) < 4.78 is 4.60. The third-order valence-corrected chi connectivity index (χ3v) is 2.70. The van der Waals surface area contributed by atoms with Gasteiger partial charge in [-0.1, -0.05) is 28.9 Å². The van der Waals surface area contributed by atoms with Crippen molar-refractivity contribution in [1.82, 2.24) is 15.5 Å². The Bertz CT molecular complexity index is 530. The molecular weight excluding hydrogens is 268 g/mol. The maximum atomic E-state index is 11.6. The average molecular weight is 281 g/mol. The molecule has 2 N–H and O–H groups in total. The molecule has 1 aromatic heterocycles. The van der Waals surface area contributed by atoms with Crippen molar-refractivity contribution >= 4 is 23.2 Å². The van der Waals surface area contributed by atoms with Crippen molar-refractivity contribution in [2.75, 3.05) is 18.4 Å². The second-order valence-electron chi connectivity index (χ2n) is 3.80. The molecule has 1 aromatic carbocycles. The summed E-state index contributed by atoms with van der Waals surface area (Å²) in [5, 5.41) is 9.89. The van der Waals surface area contributed by atoms with Gasteiger partial charge in [-0.25, -0.2) is 0 Å². The Labute approximate surface area is 115 Å². The Morgan fingerprint density at radius 1 is 1.37 bits per heavy atom. The highest BCUT2D eigenvalue weighted by Gasteiger charge is 2.05. The van der Waals surface area contributed by atoms with Crippen LogP contribution in [0.25, 0.3) is 0 Å². The SMILES string of the molecule is O=C(CNCCc1ncon1)Nc1ccccc1Cl. The van der Waals surface area contributed by atoms with Crippen molar-refractivity contribution in [2.24, 2.45) is 0 Å². The molecule has 0 saturated heterocycles. The third-order valence-electron chi connectivity index (χ3n) is 2.37. The number of rotatable bonds is 6. The number of carbonyl (C=O) groups is 1. The second-order valence-corrected chi connectivity index (χ2v) is 4.21. The molecule has 2 aromatic rings. The number of nitrogens with zero attached hydrogens (tertiary/aromatic N) is 2. The summed E-state index contributed by atoms with van der Waals surface area (Å²) in [7, 11) is 0. The molecule has 19 heavy (non-hydrogen) atoms. The van der Waals surface area contributed by atoms with Crippen LogP contribution in [0.15, 0.2) is 35.2 Å². The minimum atomic E-state index is -0.152. The van der Waals surface area contributed by atoms with Gasteiger partial charge in [0.1, 0.15) is 0 Å². The first-order valence-electron chi connectivity index (χ1n) is 5.76. The zero-order valence-corrected chi connectivity index (χ0v) is 10.9. The van der Waals surface area contributed by atoms with Crippen molar-refractivity contribution in [3.63, 3.8) is 0 Å². The van der Waals surface area contributed by atoms with E-state index in [-0.39, 0.29) is 12.5 Å². The van der Waals surface area contributed by atoms with E-state index in [1.54, 1.807) is 18.2 Å². The second kappa shape index (κ2) is 6.86. The Kier molecular flexibility index (Phi) is 4.88. The summed E-state index contributed by atoms with van der Waals surface area (Å²) >= 11 is 5.94. The molecule has 0 fully saturated rings. The maximum absolute atomic E-state index is 11.6. The largest absolute Gasteiger partial charge is 0.343 e. The molecule has 0 unspecified atom stereocenters. The van der Waals surface area contributed by atoms with Gasteiger partial charge in [0.05, 0.1) is 17.3 Å². The molecule has 7 heteroatoms. The molecule has 0 aliphatic heterocycles. The molecule has 6 nitrogen and oxygen atoms in total. The van der Waals surface area contributed by atoms with Crippen molar-refractivity contribution in [2.45, 2.75) is 6.42 Å². The van der Waals surface area contributed by atoms with Gasteiger partial charge in [-0.15, -0.1) is 0 Å². The molecule has 100 valence electrons. The highest BCUT2D eigenvalue weighted by Crippen LogP contribution is 2.19. The zero-order valence-electron chi connectivity index (χ0n) is 10.1. The number of carbonyl (C=O) groups excluding carboxylic acids is 1. The van der Waals surface area contributed by atoms with Gasteiger partial charge in [0, 0.05) is 13.0 Å². The molecule has 0 saturated carbocycles. The van der Waals surface area contributed by atoms with Gasteiger partial charge in [-0.2, -0.15) is 4.98 Å². The topological polar surface area (TPSA) is 80.1 Å². The number of nitrogens with one attached hydrogen (secondary N) is 2. The highest BCUT2D eigenvalue weighted by atomic mass is 35.5. The molecule has 0 aliphatic carbocycles. The third kappa shape index (κ3) is 4.35. The molecule has 1 amide bonds. The van der Waals surface area contributed by atoms with Crippen LogP contribution in [-0.4, -0.2) is 29.1 Å². The first-order chi connectivity index (χ1) is 9.25. The van der Waals surface area contributed by atoms with Gasteiger partial charge in [0.2, 0.25) is 12.3 Å². The van der Waals surface area contributed by atoms with Crippen LogP contribution in [0, 0.1) is 0 Å². The molecule has 0 radical (unpaired) electrons. The van der Waals surface area contributed by atoms with Crippen molar-refractivity contribution in [1.29, 1.82) is 0 Å². The van der Waals surface area contributed by atoms with Crippen molar-refractivity contribution in [3.05, 3.63) is 41.5 Å². The zero-order chi connectivity index (χ0) is 13.5. The number of halogens is 1. The van der Waals surface area contributed by atoms with E-state index < -0.39 is 0 Å². The smallest absolute Gasteiger partial charge is 0.238 e. The van der Waals surface area contributed by atoms with E-state index in [9.17, 15) is 4.79 Å². The number of para-hydroxylation sites is 1. The minimum absolute atomic E-state index is 0.152. The van der Waals surface area contributed by atoms with Crippen LogP contribution in [0.5, 0.6) is 0 Å². The van der Waals surface area contributed by atoms with E-state index in [1.165, 1.54) is 6.39 Å². The van der Waals surface area contributed by atoms with Gasteiger partial charge in [-0.3, -0.25) is 4.79 Å². The monoisotopic (exact) mass is 280 g/mol. The van der Waals surface area contributed by atoms with E-state index in [4.69, 9.17) is 11.6 Å². The summed E-state index contributed by atoms with van der Waals surface area (Å²) in [5.74, 6) is 0.459. The lowest BCUT2D eigenvalue weighted by atomic mass is 10.3. The van der Waals surface area contributed by atoms with Gasteiger partial charge in [0.25, 0.3) is 0 Å². The van der Waals surface area contributed by atoms with E-state index in [0.717, 1.165) is 0 Å². The number of anilines is 1. The lowest BCUT2D eigenvalue weighted by molar-refractivity contribution is -0.115. The Morgan fingerprint density at radius 2 is 2.21 bits per heavy atom. The predicted molar refractivity (Wildman–Crippen MR) is 71.0 cm³/mol. The van der Waals surface area contributed by atoms with Crippen LogP contribution in [0.1, 0.15) is 5.82 Å². The molecule has 0 atom stereocenters. The van der Waals surface area contributed by atoms with Crippen LogP contribution < -0.4 is 10.6 Å². The van der Waals surface area contributed by atoms with Gasteiger partial charge >= 0.3 is 0 Å². The summed E-state index contributed by atoms with van der Waals surface area (Å²) in [6.45, 7) is 0.790.